The number of likely N-dealkylation sites (tertiary alicyclic amines) is 1. The molecule has 5 heterocycles. The van der Waals surface area contributed by atoms with Gasteiger partial charge in [-0.1, -0.05) is 0 Å². The van der Waals surface area contributed by atoms with Crippen molar-refractivity contribution < 1.29 is 27.5 Å². The summed E-state index contributed by atoms with van der Waals surface area (Å²) in [4.78, 5) is 35.5. The van der Waals surface area contributed by atoms with E-state index in [-0.39, 0.29) is 30.4 Å². The van der Waals surface area contributed by atoms with Gasteiger partial charge in [-0.25, -0.2) is 27.7 Å². The molecule has 214 valence electrons. The van der Waals surface area contributed by atoms with E-state index in [1.165, 1.54) is 24.5 Å². The quantitative estimate of drug-likeness (QED) is 0.344. The Labute approximate surface area is 231 Å². The highest BCUT2D eigenvalue weighted by atomic mass is 19.3. The van der Waals surface area contributed by atoms with Gasteiger partial charge < -0.3 is 20.7 Å². The molecule has 0 bridgehead atoms. The van der Waals surface area contributed by atoms with Crippen LogP contribution >= 0.6 is 0 Å². The largest absolute Gasteiger partial charge is 0.480 e. The summed E-state index contributed by atoms with van der Waals surface area (Å²) < 4.78 is 49.9. The number of pyridine rings is 1. The predicted octanol–water partition coefficient (Wildman–Crippen LogP) is 1.95. The molecule has 41 heavy (non-hydrogen) atoms. The van der Waals surface area contributed by atoms with Crippen LogP contribution in [-0.2, 0) is 11.3 Å². The van der Waals surface area contributed by atoms with E-state index in [0.717, 1.165) is 5.56 Å². The molecule has 12 nitrogen and oxygen atoms in total. The molecule has 0 aromatic carbocycles. The molecule has 0 spiro atoms. The van der Waals surface area contributed by atoms with E-state index in [2.05, 4.69) is 25.5 Å². The molecule has 4 aromatic heterocycles. The molecule has 3 N–H and O–H groups in total. The van der Waals surface area contributed by atoms with Crippen LogP contribution in [0.3, 0.4) is 0 Å². The van der Waals surface area contributed by atoms with Crippen molar-refractivity contribution >= 4 is 23.1 Å². The van der Waals surface area contributed by atoms with Gasteiger partial charge in [-0.05, 0) is 18.2 Å². The number of fused-ring (bicyclic) bond motifs is 1. The van der Waals surface area contributed by atoms with Crippen LogP contribution in [0.5, 0.6) is 5.88 Å². The molecule has 2 unspecified atom stereocenters. The van der Waals surface area contributed by atoms with E-state index >= 15 is 0 Å². The van der Waals surface area contributed by atoms with Crippen LogP contribution in [0.2, 0.25) is 0 Å². The third-order valence-electron chi connectivity index (χ3n) is 7.45. The molecule has 2 amide bonds. The second-order valence-electron chi connectivity index (χ2n) is 10.2. The molecule has 4 aromatic rings. The Hall–Kier alpha value is -4.69. The first-order valence-corrected chi connectivity index (χ1v) is 12.9. The highest BCUT2D eigenvalue weighted by molar-refractivity contribution is 5.98. The topological polar surface area (TPSA) is 146 Å². The van der Waals surface area contributed by atoms with Gasteiger partial charge in [0, 0.05) is 55.0 Å². The molecule has 2 aliphatic rings. The first kappa shape index (κ1) is 26.5. The number of nitrogens with two attached hydrogens (primary N) is 1. The van der Waals surface area contributed by atoms with Crippen LogP contribution in [0.4, 0.5) is 19.0 Å². The van der Waals surface area contributed by atoms with Crippen molar-refractivity contribution in [2.45, 2.75) is 37.5 Å². The number of amides is 2. The average Bonchev–Trinajstić information content (AvgIpc) is 3.67. The van der Waals surface area contributed by atoms with Crippen molar-refractivity contribution in [3.63, 3.8) is 0 Å². The number of alkyl halides is 3. The van der Waals surface area contributed by atoms with E-state index in [0.29, 0.717) is 23.3 Å². The van der Waals surface area contributed by atoms with Crippen molar-refractivity contribution in [3.05, 3.63) is 54.2 Å². The summed E-state index contributed by atoms with van der Waals surface area (Å²) in [6.45, 7) is -0.0184. The Morgan fingerprint density at radius 3 is 2.71 bits per heavy atom. The summed E-state index contributed by atoms with van der Waals surface area (Å²) in [6.07, 6.45) is 3.64. The van der Waals surface area contributed by atoms with Gasteiger partial charge in [-0.2, -0.15) is 10.2 Å². The number of methoxy groups -OCH3 is 1. The highest BCUT2D eigenvalue weighted by Crippen LogP contribution is 2.43. The first-order chi connectivity index (χ1) is 19.6. The smallest absolute Gasteiger partial charge is 0.257 e. The van der Waals surface area contributed by atoms with Crippen molar-refractivity contribution in [2.24, 2.45) is 5.92 Å². The van der Waals surface area contributed by atoms with Gasteiger partial charge in [0.25, 0.3) is 5.91 Å². The lowest BCUT2D eigenvalue weighted by atomic mass is 9.80. The number of nitrogens with one attached hydrogen (secondary N) is 1. The molecule has 1 saturated carbocycles. The molecule has 6 rings (SSSR count). The molecule has 1 aliphatic carbocycles. The first-order valence-electron chi connectivity index (χ1n) is 12.9. The van der Waals surface area contributed by atoms with Crippen LogP contribution in [0.15, 0.2) is 43.1 Å². The highest BCUT2D eigenvalue weighted by Gasteiger charge is 2.51. The molecule has 15 heteroatoms. The minimum Gasteiger partial charge on any atom is -0.480 e. The Balaban J connectivity index is 1.26. The standard InChI is InChI=1S/C26H26F3N9O3/c1-41-24-17(23(39)35-19-12-36(11-18(19)27)25(40)16-7-26(28,29)8-16)5-14(9-31-24)20-6-15(10-37-4-2-3-33-37)21-22(30)32-13-34-38(20)21/h2-6,9,13,16,18-19H,7-8,10-12H2,1H3,(H,35,39)(H2,30,32,34). The summed E-state index contributed by atoms with van der Waals surface area (Å²) >= 11 is 0. The van der Waals surface area contributed by atoms with Gasteiger partial charge >= 0.3 is 0 Å². The van der Waals surface area contributed by atoms with Crippen LogP contribution in [-0.4, -0.2) is 84.4 Å². The monoisotopic (exact) mass is 569 g/mol. The fraction of sp³-hybridized carbons (Fsp3) is 0.385. The number of anilines is 1. The lowest BCUT2D eigenvalue weighted by Gasteiger charge is -2.36. The zero-order valence-electron chi connectivity index (χ0n) is 21.9. The number of nitrogens with zero attached hydrogens (tertiary/aromatic N) is 7. The van der Waals surface area contributed by atoms with Crippen LogP contribution in [0.25, 0.3) is 16.8 Å². The van der Waals surface area contributed by atoms with Crippen molar-refractivity contribution in [1.29, 1.82) is 0 Å². The summed E-state index contributed by atoms with van der Waals surface area (Å²) in [5.74, 6) is -4.62. The number of carbonyl (C=O) groups is 2. The second kappa shape index (κ2) is 10.1. The van der Waals surface area contributed by atoms with E-state index in [1.54, 1.807) is 33.7 Å². The predicted molar refractivity (Wildman–Crippen MR) is 139 cm³/mol. The minimum absolute atomic E-state index is 0.0102. The molecule has 2 fully saturated rings. The van der Waals surface area contributed by atoms with Gasteiger partial charge in [0.05, 0.1) is 31.9 Å². The maximum Gasteiger partial charge on any atom is 0.257 e. The number of halogens is 3. The third-order valence-corrected chi connectivity index (χ3v) is 7.45. The molecular weight excluding hydrogens is 543 g/mol. The van der Waals surface area contributed by atoms with E-state index in [4.69, 9.17) is 10.5 Å². The number of hydrogen-bond donors (Lipinski definition) is 2. The van der Waals surface area contributed by atoms with Crippen molar-refractivity contribution in [2.75, 3.05) is 25.9 Å². The van der Waals surface area contributed by atoms with E-state index in [9.17, 15) is 22.8 Å². The van der Waals surface area contributed by atoms with Crippen LogP contribution in [0.1, 0.15) is 28.8 Å². The molecule has 1 aliphatic heterocycles. The number of nitrogen functional groups attached to an aromatic ring is 1. The number of carbonyl (C=O) groups excluding carboxylic acids is 2. The van der Waals surface area contributed by atoms with Gasteiger partial charge in [0.2, 0.25) is 17.7 Å². The normalized spacial score (nSPS) is 20.2. The second-order valence-corrected chi connectivity index (χ2v) is 10.2. The fourth-order valence-electron chi connectivity index (χ4n) is 5.38. The third kappa shape index (κ3) is 4.91. The zero-order chi connectivity index (χ0) is 28.9. The molecule has 2 atom stereocenters. The Morgan fingerprint density at radius 1 is 1.20 bits per heavy atom. The van der Waals surface area contributed by atoms with E-state index < -0.39 is 48.7 Å². The van der Waals surface area contributed by atoms with Gasteiger partial charge in [0.15, 0.2) is 5.82 Å². The van der Waals surface area contributed by atoms with Gasteiger partial charge in [-0.3, -0.25) is 14.3 Å². The molecular formula is C26H26F3N9O3. The SMILES string of the molecule is COc1ncc(-c2cc(Cn3cccn3)c3c(N)ncnn23)cc1C(=O)NC1CN(C(=O)C2CC(F)(F)C2)CC1F. The summed E-state index contributed by atoms with van der Waals surface area (Å²) in [5.41, 5.74) is 8.63. The Bertz CT molecular complexity index is 1620. The zero-order valence-corrected chi connectivity index (χ0v) is 21.9. The number of rotatable bonds is 7. The Kier molecular flexibility index (Phi) is 6.50. The molecule has 1 saturated heterocycles. The maximum atomic E-state index is 14.9. The van der Waals surface area contributed by atoms with Crippen LogP contribution < -0.4 is 15.8 Å². The van der Waals surface area contributed by atoms with Crippen molar-refractivity contribution in [3.8, 4) is 17.1 Å². The number of hydrogen-bond acceptors (Lipinski definition) is 8. The summed E-state index contributed by atoms with van der Waals surface area (Å²) in [6, 6.07) is 4.16. The van der Waals surface area contributed by atoms with Gasteiger partial charge in [0.1, 0.15) is 23.6 Å². The minimum atomic E-state index is -2.86. The lowest BCUT2D eigenvalue weighted by Crippen LogP contribution is -2.47. The lowest BCUT2D eigenvalue weighted by molar-refractivity contribution is -0.159. The molecule has 0 radical (unpaired) electrons. The van der Waals surface area contributed by atoms with E-state index in [1.807, 2.05) is 6.07 Å². The fourth-order valence-corrected chi connectivity index (χ4v) is 5.38. The number of aromatic nitrogens is 6. The van der Waals surface area contributed by atoms with Crippen molar-refractivity contribution in [1.82, 2.24) is 39.6 Å². The Morgan fingerprint density at radius 2 is 2.00 bits per heavy atom. The number of ether oxygens (including phenoxy) is 1. The average molecular weight is 570 g/mol. The summed E-state index contributed by atoms with van der Waals surface area (Å²) in [5, 5.41) is 11.2. The summed E-state index contributed by atoms with van der Waals surface area (Å²) in [7, 11) is 1.35. The van der Waals surface area contributed by atoms with Gasteiger partial charge in [-0.15, -0.1) is 0 Å². The van der Waals surface area contributed by atoms with Crippen LogP contribution in [0, 0.1) is 5.92 Å². The maximum absolute atomic E-state index is 14.9.